The molecule has 90 valence electrons. The molecule has 0 bridgehead atoms. The molecule has 1 aliphatic rings. The van der Waals surface area contributed by atoms with Gasteiger partial charge in [0.1, 0.15) is 6.26 Å². The highest BCUT2D eigenvalue weighted by atomic mass is 16.5. The average molecular weight is 222 g/mol. The van der Waals surface area contributed by atoms with Gasteiger partial charge in [0, 0.05) is 18.7 Å². The molecule has 1 aliphatic carbocycles. The van der Waals surface area contributed by atoms with E-state index in [0.717, 1.165) is 18.2 Å². The SMILES string of the molecule is CCC1CCCC(NCc2ccon2)CC1. The van der Waals surface area contributed by atoms with E-state index in [9.17, 15) is 0 Å². The van der Waals surface area contributed by atoms with E-state index in [2.05, 4.69) is 17.4 Å². The number of hydrogen-bond donors (Lipinski definition) is 1. The van der Waals surface area contributed by atoms with Gasteiger partial charge in [-0.3, -0.25) is 0 Å². The number of nitrogens with zero attached hydrogens (tertiary/aromatic N) is 1. The highest BCUT2D eigenvalue weighted by Gasteiger charge is 2.17. The Bertz CT molecular complexity index is 284. The van der Waals surface area contributed by atoms with Gasteiger partial charge in [0.25, 0.3) is 0 Å². The van der Waals surface area contributed by atoms with Crippen molar-refractivity contribution in [1.29, 1.82) is 0 Å². The molecule has 3 heteroatoms. The Balaban J connectivity index is 1.73. The summed E-state index contributed by atoms with van der Waals surface area (Å²) in [5, 5.41) is 7.50. The van der Waals surface area contributed by atoms with Gasteiger partial charge in [-0.15, -0.1) is 0 Å². The third-order valence-electron chi connectivity index (χ3n) is 3.73. The minimum absolute atomic E-state index is 0.674. The maximum Gasteiger partial charge on any atom is 0.124 e. The van der Waals surface area contributed by atoms with Crippen LogP contribution in [0.5, 0.6) is 0 Å². The zero-order valence-electron chi connectivity index (χ0n) is 10.1. The first-order valence-corrected chi connectivity index (χ1v) is 6.51. The largest absolute Gasteiger partial charge is 0.364 e. The molecule has 0 aromatic carbocycles. The molecule has 1 aromatic rings. The third-order valence-corrected chi connectivity index (χ3v) is 3.73. The van der Waals surface area contributed by atoms with Crippen LogP contribution in [0.2, 0.25) is 0 Å². The van der Waals surface area contributed by atoms with Crippen LogP contribution >= 0.6 is 0 Å². The lowest BCUT2D eigenvalue weighted by molar-refractivity contribution is 0.395. The molecule has 1 saturated carbocycles. The normalized spacial score (nSPS) is 26.6. The first-order chi connectivity index (χ1) is 7.88. The number of aromatic nitrogens is 1. The smallest absolute Gasteiger partial charge is 0.124 e. The van der Waals surface area contributed by atoms with Crippen molar-refractivity contribution in [2.75, 3.05) is 0 Å². The Morgan fingerprint density at radius 3 is 3.06 bits per heavy atom. The minimum atomic E-state index is 0.674. The van der Waals surface area contributed by atoms with Crippen LogP contribution in [0.3, 0.4) is 0 Å². The minimum Gasteiger partial charge on any atom is -0.364 e. The van der Waals surface area contributed by atoms with Crippen molar-refractivity contribution in [1.82, 2.24) is 10.5 Å². The molecular weight excluding hydrogens is 200 g/mol. The molecule has 2 rings (SSSR count). The lowest BCUT2D eigenvalue weighted by Crippen LogP contribution is -2.28. The van der Waals surface area contributed by atoms with E-state index in [1.54, 1.807) is 6.26 Å². The van der Waals surface area contributed by atoms with Gasteiger partial charge in [-0.25, -0.2) is 0 Å². The van der Waals surface area contributed by atoms with Gasteiger partial charge >= 0.3 is 0 Å². The van der Waals surface area contributed by atoms with Crippen molar-refractivity contribution < 1.29 is 4.52 Å². The average Bonchev–Trinajstić information content (AvgIpc) is 2.72. The molecule has 0 aliphatic heterocycles. The van der Waals surface area contributed by atoms with Crippen LogP contribution in [-0.2, 0) is 6.54 Å². The predicted octanol–water partition coefficient (Wildman–Crippen LogP) is 3.12. The zero-order valence-corrected chi connectivity index (χ0v) is 10.1. The maximum absolute atomic E-state index is 4.82. The standard InChI is InChI=1S/C13H22N2O/c1-2-11-4-3-5-12(7-6-11)14-10-13-8-9-16-15-13/h8-9,11-12,14H,2-7,10H2,1H3. The van der Waals surface area contributed by atoms with Crippen molar-refractivity contribution in [2.45, 2.75) is 58.0 Å². The van der Waals surface area contributed by atoms with Gasteiger partial charge in [0.2, 0.25) is 0 Å². The Kier molecular flexibility index (Phi) is 4.40. The van der Waals surface area contributed by atoms with Gasteiger partial charge in [-0.1, -0.05) is 31.3 Å². The van der Waals surface area contributed by atoms with E-state index in [4.69, 9.17) is 4.52 Å². The van der Waals surface area contributed by atoms with Gasteiger partial charge in [-0.2, -0.15) is 0 Å². The Morgan fingerprint density at radius 2 is 2.31 bits per heavy atom. The first-order valence-electron chi connectivity index (χ1n) is 6.51. The summed E-state index contributed by atoms with van der Waals surface area (Å²) in [4.78, 5) is 0. The molecule has 2 atom stereocenters. The van der Waals surface area contributed by atoms with Crippen LogP contribution in [0.15, 0.2) is 16.9 Å². The summed E-state index contributed by atoms with van der Waals surface area (Å²) >= 11 is 0. The fourth-order valence-corrected chi connectivity index (χ4v) is 2.57. The van der Waals surface area contributed by atoms with Crippen molar-refractivity contribution in [3.8, 4) is 0 Å². The predicted molar refractivity (Wildman–Crippen MR) is 64.0 cm³/mol. The zero-order chi connectivity index (χ0) is 11.2. The van der Waals surface area contributed by atoms with Gasteiger partial charge in [0.05, 0.1) is 5.69 Å². The number of rotatable bonds is 4. The molecule has 3 nitrogen and oxygen atoms in total. The van der Waals surface area contributed by atoms with Gasteiger partial charge in [-0.05, 0) is 25.2 Å². The van der Waals surface area contributed by atoms with Crippen LogP contribution < -0.4 is 5.32 Å². The molecule has 1 fully saturated rings. The van der Waals surface area contributed by atoms with Crippen LogP contribution in [0, 0.1) is 5.92 Å². The second kappa shape index (κ2) is 6.04. The lowest BCUT2D eigenvalue weighted by atomic mass is 9.98. The van der Waals surface area contributed by atoms with Crippen molar-refractivity contribution in [3.63, 3.8) is 0 Å². The second-order valence-corrected chi connectivity index (χ2v) is 4.85. The molecule has 2 unspecified atom stereocenters. The van der Waals surface area contributed by atoms with E-state index >= 15 is 0 Å². The van der Waals surface area contributed by atoms with E-state index in [1.165, 1.54) is 38.5 Å². The van der Waals surface area contributed by atoms with Crippen LogP contribution in [-0.4, -0.2) is 11.2 Å². The molecule has 0 radical (unpaired) electrons. The highest BCUT2D eigenvalue weighted by molar-refractivity contribution is 4.94. The van der Waals surface area contributed by atoms with Crippen molar-refractivity contribution in [2.24, 2.45) is 5.92 Å². The molecule has 0 amide bonds. The van der Waals surface area contributed by atoms with E-state index in [0.29, 0.717) is 6.04 Å². The van der Waals surface area contributed by atoms with Crippen molar-refractivity contribution >= 4 is 0 Å². The van der Waals surface area contributed by atoms with Gasteiger partial charge in [0.15, 0.2) is 0 Å². The molecular formula is C13H22N2O. The van der Waals surface area contributed by atoms with E-state index < -0.39 is 0 Å². The number of hydrogen-bond acceptors (Lipinski definition) is 3. The van der Waals surface area contributed by atoms with Crippen molar-refractivity contribution in [3.05, 3.63) is 18.0 Å². The molecule has 1 N–H and O–H groups in total. The topological polar surface area (TPSA) is 38.1 Å². The molecule has 1 aromatic heterocycles. The highest BCUT2D eigenvalue weighted by Crippen LogP contribution is 2.25. The summed E-state index contributed by atoms with van der Waals surface area (Å²) in [6.45, 7) is 3.16. The summed E-state index contributed by atoms with van der Waals surface area (Å²) in [6.07, 6.45) is 9.78. The van der Waals surface area contributed by atoms with Crippen LogP contribution in [0.25, 0.3) is 0 Å². The third kappa shape index (κ3) is 3.34. The summed E-state index contributed by atoms with van der Waals surface area (Å²) in [6, 6.07) is 2.60. The summed E-state index contributed by atoms with van der Waals surface area (Å²) in [5.41, 5.74) is 1.01. The maximum atomic E-state index is 4.82. The Labute approximate surface area is 97.6 Å². The Hall–Kier alpha value is -0.830. The first kappa shape index (κ1) is 11.6. The quantitative estimate of drug-likeness (QED) is 0.795. The number of nitrogens with one attached hydrogen (secondary N) is 1. The van der Waals surface area contributed by atoms with E-state index in [-0.39, 0.29) is 0 Å². The molecule has 0 saturated heterocycles. The van der Waals surface area contributed by atoms with Crippen LogP contribution in [0.4, 0.5) is 0 Å². The summed E-state index contributed by atoms with van der Waals surface area (Å²) < 4.78 is 4.82. The molecule has 1 heterocycles. The van der Waals surface area contributed by atoms with E-state index in [1.807, 2.05) is 6.07 Å². The second-order valence-electron chi connectivity index (χ2n) is 4.85. The summed E-state index contributed by atoms with van der Waals surface area (Å²) in [5.74, 6) is 0.957. The molecule has 0 spiro atoms. The molecule has 16 heavy (non-hydrogen) atoms. The lowest BCUT2D eigenvalue weighted by Gasteiger charge is -2.15. The monoisotopic (exact) mass is 222 g/mol. The van der Waals surface area contributed by atoms with Crippen LogP contribution in [0.1, 0.15) is 51.1 Å². The van der Waals surface area contributed by atoms with Gasteiger partial charge < -0.3 is 9.84 Å². The summed E-state index contributed by atoms with van der Waals surface area (Å²) in [7, 11) is 0. The Morgan fingerprint density at radius 1 is 1.38 bits per heavy atom. The fraction of sp³-hybridized carbons (Fsp3) is 0.769. The fourth-order valence-electron chi connectivity index (χ4n) is 2.57.